The number of benzene rings is 10. The van der Waals surface area contributed by atoms with Gasteiger partial charge in [-0.15, -0.1) is 0 Å². The molecule has 10 aromatic carbocycles. The second-order valence-electron chi connectivity index (χ2n) is 17.5. The third-order valence-corrected chi connectivity index (χ3v) is 13.1. The SMILES string of the molecule is Cc1cccc(N(c2cc(-c3c(C)cccc3C)ccc2C)c2ccc3ccc4c(N(c5cccc(C)c5)c5cc(-c6c(C)cccc6C)ccc5C)ccc5ccc2c3c54)c1. The largest absolute Gasteiger partial charge is 0.310 e. The van der Waals surface area contributed by atoms with Gasteiger partial charge in [-0.3, -0.25) is 0 Å². The van der Waals surface area contributed by atoms with Gasteiger partial charge in [-0.2, -0.15) is 0 Å². The molecule has 10 aromatic rings. The van der Waals surface area contributed by atoms with Gasteiger partial charge in [0.2, 0.25) is 0 Å². The van der Waals surface area contributed by atoms with Crippen molar-refractivity contribution in [2.45, 2.75) is 55.4 Å². The third kappa shape index (κ3) is 6.59. The maximum absolute atomic E-state index is 2.49. The molecule has 0 aromatic heterocycles. The zero-order valence-electron chi connectivity index (χ0n) is 37.1. The predicted molar refractivity (Wildman–Crippen MR) is 268 cm³/mol. The fourth-order valence-corrected chi connectivity index (χ4v) is 10.1. The van der Waals surface area contributed by atoms with Gasteiger partial charge < -0.3 is 9.80 Å². The van der Waals surface area contributed by atoms with Gasteiger partial charge in [-0.25, -0.2) is 0 Å². The Labute approximate surface area is 366 Å². The predicted octanol–water partition coefficient (Wildman–Crippen LogP) is 17.3. The Hall–Kier alpha value is -7.16. The van der Waals surface area contributed by atoms with Gasteiger partial charge in [0.05, 0.1) is 11.4 Å². The fourth-order valence-electron chi connectivity index (χ4n) is 10.1. The lowest BCUT2D eigenvalue weighted by Crippen LogP contribution is -2.13. The van der Waals surface area contributed by atoms with Gasteiger partial charge in [0.15, 0.2) is 0 Å². The Kier molecular flexibility index (Phi) is 9.68. The summed E-state index contributed by atoms with van der Waals surface area (Å²) in [7, 11) is 0. The average molecular weight is 801 g/mol. The second-order valence-corrected chi connectivity index (χ2v) is 17.5. The molecule has 0 fully saturated rings. The molecule has 0 amide bonds. The Morgan fingerprint density at radius 2 is 0.661 bits per heavy atom. The van der Waals surface area contributed by atoms with E-state index in [-0.39, 0.29) is 0 Å². The summed E-state index contributed by atoms with van der Waals surface area (Å²) in [5, 5.41) is 7.49. The van der Waals surface area contributed by atoms with Crippen molar-refractivity contribution < 1.29 is 0 Å². The van der Waals surface area contributed by atoms with E-state index < -0.39 is 0 Å². The van der Waals surface area contributed by atoms with Gasteiger partial charge >= 0.3 is 0 Å². The molecule has 0 N–H and O–H groups in total. The second kappa shape index (κ2) is 15.4. The van der Waals surface area contributed by atoms with Gasteiger partial charge in [0.1, 0.15) is 0 Å². The van der Waals surface area contributed by atoms with E-state index in [2.05, 4.69) is 235 Å². The van der Waals surface area contributed by atoms with Crippen molar-refractivity contribution in [3.8, 4) is 22.3 Å². The Morgan fingerprint density at radius 3 is 1.05 bits per heavy atom. The first-order valence-electron chi connectivity index (χ1n) is 21.8. The number of hydrogen-bond acceptors (Lipinski definition) is 2. The highest BCUT2D eigenvalue weighted by molar-refractivity contribution is 6.28. The molecular weight excluding hydrogens is 749 g/mol. The van der Waals surface area contributed by atoms with Crippen LogP contribution in [0.15, 0.2) is 170 Å². The Balaban J connectivity index is 1.23. The van der Waals surface area contributed by atoms with Gasteiger partial charge in [-0.05, 0) is 192 Å². The summed E-state index contributed by atoms with van der Waals surface area (Å²) in [6.45, 7) is 17.7. The fraction of sp³-hybridized carbons (Fsp3) is 0.133. The summed E-state index contributed by atoms with van der Waals surface area (Å²) in [6, 6.07) is 63.7. The molecule has 2 nitrogen and oxygen atoms in total. The van der Waals surface area contributed by atoms with Crippen LogP contribution in [0.1, 0.15) is 44.5 Å². The van der Waals surface area contributed by atoms with Crippen LogP contribution in [0, 0.1) is 55.4 Å². The van der Waals surface area contributed by atoms with Crippen LogP contribution in [0.4, 0.5) is 34.1 Å². The quantitative estimate of drug-likeness (QED) is 0.141. The molecule has 0 unspecified atom stereocenters. The molecule has 0 aliphatic heterocycles. The van der Waals surface area contributed by atoms with Crippen LogP contribution in [-0.4, -0.2) is 0 Å². The van der Waals surface area contributed by atoms with Crippen molar-refractivity contribution in [1.82, 2.24) is 0 Å². The van der Waals surface area contributed by atoms with Crippen LogP contribution in [0.3, 0.4) is 0 Å². The lowest BCUT2D eigenvalue weighted by Gasteiger charge is -2.31. The summed E-state index contributed by atoms with van der Waals surface area (Å²) < 4.78 is 0. The van der Waals surface area contributed by atoms with E-state index in [1.54, 1.807) is 0 Å². The summed E-state index contributed by atoms with van der Waals surface area (Å²) in [4.78, 5) is 4.99. The van der Waals surface area contributed by atoms with Gasteiger partial charge in [-0.1, -0.05) is 121 Å². The van der Waals surface area contributed by atoms with Crippen molar-refractivity contribution in [3.05, 3.63) is 214 Å². The van der Waals surface area contributed by atoms with Crippen LogP contribution >= 0.6 is 0 Å². The van der Waals surface area contributed by atoms with Crippen molar-refractivity contribution in [1.29, 1.82) is 0 Å². The molecule has 0 spiro atoms. The third-order valence-electron chi connectivity index (χ3n) is 13.1. The summed E-state index contributed by atoms with van der Waals surface area (Å²) in [5.74, 6) is 0. The molecule has 62 heavy (non-hydrogen) atoms. The number of aryl methyl sites for hydroxylation is 8. The first kappa shape index (κ1) is 39.0. The normalized spacial score (nSPS) is 11.5. The van der Waals surface area contributed by atoms with E-state index in [0.717, 1.165) is 22.7 Å². The van der Waals surface area contributed by atoms with E-state index >= 15 is 0 Å². The highest BCUT2D eigenvalue weighted by Gasteiger charge is 2.24. The van der Waals surface area contributed by atoms with E-state index in [0.29, 0.717) is 0 Å². The first-order chi connectivity index (χ1) is 30.0. The zero-order chi connectivity index (χ0) is 42.8. The van der Waals surface area contributed by atoms with Crippen molar-refractivity contribution >= 4 is 66.4 Å². The topological polar surface area (TPSA) is 6.48 Å². The molecule has 0 atom stereocenters. The van der Waals surface area contributed by atoms with Crippen LogP contribution in [-0.2, 0) is 0 Å². The number of anilines is 6. The smallest absolute Gasteiger partial charge is 0.0540 e. The monoisotopic (exact) mass is 800 g/mol. The van der Waals surface area contributed by atoms with Crippen LogP contribution in [0.5, 0.6) is 0 Å². The molecule has 0 aliphatic carbocycles. The lowest BCUT2D eigenvalue weighted by atomic mass is 9.91. The maximum atomic E-state index is 2.49. The lowest BCUT2D eigenvalue weighted by molar-refractivity contribution is 1.25. The Morgan fingerprint density at radius 1 is 0.290 bits per heavy atom. The first-order valence-corrected chi connectivity index (χ1v) is 21.8. The molecule has 0 aliphatic rings. The van der Waals surface area contributed by atoms with E-state index in [9.17, 15) is 0 Å². The van der Waals surface area contributed by atoms with E-state index in [4.69, 9.17) is 0 Å². The summed E-state index contributed by atoms with van der Waals surface area (Å²) in [6.07, 6.45) is 0. The zero-order valence-corrected chi connectivity index (χ0v) is 37.1. The molecular formula is C60H52N2. The molecule has 0 bridgehead atoms. The minimum Gasteiger partial charge on any atom is -0.310 e. The summed E-state index contributed by atoms with van der Waals surface area (Å²) in [5.41, 5.74) is 22.1. The maximum Gasteiger partial charge on any atom is 0.0540 e. The van der Waals surface area contributed by atoms with Crippen molar-refractivity contribution in [2.24, 2.45) is 0 Å². The highest BCUT2D eigenvalue weighted by Crippen LogP contribution is 2.49. The summed E-state index contributed by atoms with van der Waals surface area (Å²) >= 11 is 0. The van der Waals surface area contributed by atoms with Crippen LogP contribution < -0.4 is 9.80 Å². The highest BCUT2D eigenvalue weighted by atomic mass is 15.2. The molecule has 2 heteroatoms. The average Bonchev–Trinajstić information content (AvgIpc) is 3.25. The number of rotatable bonds is 8. The molecule has 0 radical (unpaired) electrons. The van der Waals surface area contributed by atoms with Gasteiger partial charge in [0.25, 0.3) is 0 Å². The standard InChI is InChI=1S/C60H52N2/c1-37-13-9-19-49(33-37)61(55-35-47(23-21-39(55)3)57-41(5)15-11-16-42(57)6)53-31-27-45-26-30-52-54(32-28-46-25-29-51(53)59(45)60(46)52)62(50-20-10-14-38(2)34-50)56-36-48(24-22-40(56)4)58-43(7)17-12-18-44(58)8/h9-36H,1-8H3. The van der Waals surface area contributed by atoms with Crippen LogP contribution in [0.2, 0.25) is 0 Å². The number of nitrogens with zero attached hydrogens (tertiary/aromatic N) is 2. The van der Waals surface area contributed by atoms with E-state index in [1.165, 1.54) is 110 Å². The van der Waals surface area contributed by atoms with Crippen LogP contribution in [0.25, 0.3) is 54.6 Å². The molecule has 0 saturated heterocycles. The van der Waals surface area contributed by atoms with E-state index in [1.807, 2.05) is 0 Å². The minimum atomic E-state index is 1.15. The molecule has 0 heterocycles. The Bertz CT molecular complexity index is 3090. The minimum absolute atomic E-state index is 1.15. The van der Waals surface area contributed by atoms with Crippen molar-refractivity contribution in [2.75, 3.05) is 9.80 Å². The molecule has 10 rings (SSSR count). The number of hydrogen-bond donors (Lipinski definition) is 0. The molecule has 302 valence electrons. The van der Waals surface area contributed by atoms with Crippen molar-refractivity contribution in [3.63, 3.8) is 0 Å². The molecule has 0 saturated carbocycles. The van der Waals surface area contributed by atoms with Gasteiger partial charge in [0, 0.05) is 33.5 Å².